The number of alkyl halides is 1. The lowest BCUT2D eigenvalue weighted by molar-refractivity contribution is 0.196. The van der Waals surface area contributed by atoms with Gasteiger partial charge in [-0.25, -0.2) is 4.39 Å². The number of hydrogen-bond donors (Lipinski definition) is 0. The van der Waals surface area contributed by atoms with E-state index < -0.39 is 6.67 Å². The molecule has 0 aliphatic carbocycles. The molecule has 0 aliphatic rings. The molecule has 0 amide bonds. The minimum Gasteiger partial charge on any atom is -0.293 e. The Morgan fingerprint density at radius 3 is 2.19 bits per heavy atom. The molecule has 3 aromatic rings. The number of fused-ring (bicyclic) bond motifs is 1. The Balaban J connectivity index is 1.83. The van der Waals surface area contributed by atoms with Crippen molar-refractivity contribution in [3.63, 3.8) is 0 Å². The van der Waals surface area contributed by atoms with Gasteiger partial charge in [0.05, 0.1) is 6.04 Å². The highest BCUT2D eigenvalue weighted by atomic mass is 19.1. The van der Waals surface area contributed by atoms with Crippen LogP contribution in [0.5, 0.6) is 0 Å². The largest absolute Gasteiger partial charge is 0.293 e. The Labute approximate surface area is 156 Å². The Hall–Kier alpha value is -2.19. The standard InChI is InChI=1S/C24H28FN/c1-24(2,3)21-14-12-19(13-15-21)23(16-25)26(4)17-20-10-7-9-18-8-5-6-11-22(18)20/h5-15,23H,16-17H2,1-4H3/t23-/m1/s1. The molecule has 1 atom stereocenters. The summed E-state index contributed by atoms with van der Waals surface area (Å²) in [5.41, 5.74) is 3.65. The fraction of sp³-hybridized carbons (Fsp3) is 0.333. The zero-order valence-corrected chi connectivity index (χ0v) is 16.2. The second-order valence-corrected chi connectivity index (χ2v) is 8.10. The molecule has 0 heterocycles. The van der Waals surface area contributed by atoms with Crippen LogP contribution in [0.2, 0.25) is 0 Å². The maximum Gasteiger partial charge on any atom is 0.109 e. The van der Waals surface area contributed by atoms with Gasteiger partial charge >= 0.3 is 0 Å². The van der Waals surface area contributed by atoms with E-state index in [9.17, 15) is 4.39 Å². The smallest absolute Gasteiger partial charge is 0.109 e. The van der Waals surface area contributed by atoms with E-state index in [-0.39, 0.29) is 11.5 Å². The second-order valence-electron chi connectivity index (χ2n) is 8.10. The van der Waals surface area contributed by atoms with Gasteiger partial charge in [0.2, 0.25) is 0 Å². The minimum atomic E-state index is -0.393. The Kier molecular flexibility index (Phi) is 5.43. The zero-order chi connectivity index (χ0) is 18.7. The van der Waals surface area contributed by atoms with Crippen LogP contribution in [0.3, 0.4) is 0 Å². The molecular formula is C24H28FN. The van der Waals surface area contributed by atoms with Gasteiger partial charge in [-0.2, -0.15) is 0 Å². The molecule has 0 spiro atoms. The van der Waals surface area contributed by atoms with E-state index in [1.54, 1.807) is 0 Å². The summed E-state index contributed by atoms with van der Waals surface area (Å²) in [5, 5.41) is 2.47. The van der Waals surface area contributed by atoms with E-state index in [0.717, 1.165) is 12.1 Å². The topological polar surface area (TPSA) is 3.24 Å². The maximum absolute atomic E-state index is 13.9. The summed E-state index contributed by atoms with van der Waals surface area (Å²) in [6.45, 7) is 6.91. The molecule has 0 fully saturated rings. The summed E-state index contributed by atoms with van der Waals surface area (Å²) in [6.07, 6.45) is 0. The molecule has 0 saturated carbocycles. The molecule has 3 rings (SSSR count). The van der Waals surface area contributed by atoms with Crippen LogP contribution in [0.15, 0.2) is 66.7 Å². The van der Waals surface area contributed by atoms with Gasteiger partial charge in [-0.3, -0.25) is 4.90 Å². The summed E-state index contributed by atoms with van der Waals surface area (Å²) in [7, 11) is 2.00. The van der Waals surface area contributed by atoms with Gasteiger partial charge in [0.25, 0.3) is 0 Å². The summed E-state index contributed by atoms with van der Waals surface area (Å²) < 4.78 is 13.9. The van der Waals surface area contributed by atoms with Crippen molar-refractivity contribution in [2.75, 3.05) is 13.7 Å². The van der Waals surface area contributed by atoms with Gasteiger partial charge in [0, 0.05) is 6.54 Å². The summed E-state index contributed by atoms with van der Waals surface area (Å²) >= 11 is 0. The van der Waals surface area contributed by atoms with E-state index in [1.807, 2.05) is 7.05 Å². The Morgan fingerprint density at radius 2 is 1.54 bits per heavy atom. The fourth-order valence-corrected chi connectivity index (χ4v) is 3.48. The molecule has 2 heteroatoms. The van der Waals surface area contributed by atoms with Gasteiger partial charge in [0.15, 0.2) is 0 Å². The average molecular weight is 349 g/mol. The van der Waals surface area contributed by atoms with E-state index in [1.165, 1.54) is 21.9 Å². The first-order valence-corrected chi connectivity index (χ1v) is 9.23. The van der Waals surface area contributed by atoms with Crippen molar-refractivity contribution in [2.45, 2.75) is 38.8 Å². The summed E-state index contributed by atoms with van der Waals surface area (Å²) in [4.78, 5) is 2.11. The van der Waals surface area contributed by atoms with E-state index >= 15 is 0 Å². The van der Waals surface area contributed by atoms with Crippen LogP contribution >= 0.6 is 0 Å². The minimum absolute atomic E-state index is 0.110. The van der Waals surface area contributed by atoms with Crippen LogP contribution < -0.4 is 0 Å². The predicted octanol–water partition coefficient (Wildman–Crippen LogP) is 6.28. The molecule has 26 heavy (non-hydrogen) atoms. The van der Waals surface area contributed by atoms with Crippen LogP contribution in [-0.2, 0) is 12.0 Å². The quantitative estimate of drug-likeness (QED) is 0.524. The van der Waals surface area contributed by atoms with Crippen molar-refractivity contribution in [2.24, 2.45) is 0 Å². The fourth-order valence-electron chi connectivity index (χ4n) is 3.48. The van der Waals surface area contributed by atoms with Crippen LogP contribution in [0.4, 0.5) is 4.39 Å². The maximum atomic E-state index is 13.9. The highest BCUT2D eigenvalue weighted by Crippen LogP contribution is 2.28. The third-order valence-corrected chi connectivity index (χ3v) is 5.14. The first-order chi connectivity index (χ1) is 12.4. The molecule has 1 nitrogen and oxygen atoms in total. The lowest BCUT2D eigenvalue weighted by atomic mass is 9.86. The first kappa shape index (κ1) is 18.6. The van der Waals surface area contributed by atoms with Gasteiger partial charge in [-0.05, 0) is 39.9 Å². The lowest BCUT2D eigenvalue weighted by Crippen LogP contribution is -2.26. The van der Waals surface area contributed by atoms with Gasteiger partial charge < -0.3 is 0 Å². The predicted molar refractivity (Wildman–Crippen MR) is 109 cm³/mol. The van der Waals surface area contributed by atoms with Crippen molar-refractivity contribution in [1.82, 2.24) is 4.90 Å². The Bertz CT molecular complexity index is 856. The molecule has 0 aromatic heterocycles. The van der Waals surface area contributed by atoms with Gasteiger partial charge in [0.1, 0.15) is 6.67 Å². The van der Waals surface area contributed by atoms with Crippen molar-refractivity contribution >= 4 is 10.8 Å². The van der Waals surface area contributed by atoms with Crippen LogP contribution in [0.1, 0.15) is 43.5 Å². The monoisotopic (exact) mass is 349 g/mol. The number of benzene rings is 3. The highest BCUT2D eigenvalue weighted by molar-refractivity contribution is 5.85. The lowest BCUT2D eigenvalue weighted by Gasteiger charge is -2.27. The zero-order valence-electron chi connectivity index (χ0n) is 16.2. The molecule has 0 N–H and O–H groups in total. The Morgan fingerprint density at radius 1 is 0.885 bits per heavy atom. The molecule has 0 aliphatic heterocycles. The molecule has 3 aromatic carbocycles. The van der Waals surface area contributed by atoms with Crippen LogP contribution in [0.25, 0.3) is 10.8 Å². The molecule has 0 saturated heterocycles. The van der Waals surface area contributed by atoms with E-state index in [2.05, 4.69) is 92.4 Å². The van der Waals surface area contributed by atoms with E-state index in [0.29, 0.717) is 0 Å². The van der Waals surface area contributed by atoms with Crippen molar-refractivity contribution in [1.29, 1.82) is 0 Å². The molecular weight excluding hydrogens is 321 g/mol. The van der Waals surface area contributed by atoms with Crippen LogP contribution in [0, 0.1) is 0 Å². The van der Waals surface area contributed by atoms with Gasteiger partial charge in [-0.15, -0.1) is 0 Å². The third kappa shape index (κ3) is 3.96. The molecule has 136 valence electrons. The molecule has 0 unspecified atom stereocenters. The summed E-state index contributed by atoms with van der Waals surface area (Å²) in [5.74, 6) is 0. The molecule has 0 bridgehead atoms. The first-order valence-electron chi connectivity index (χ1n) is 9.23. The second kappa shape index (κ2) is 7.59. The van der Waals surface area contributed by atoms with Gasteiger partial charge in [-0.1, -0.05) is 87.5 Å². The average Bonchev–Trinajstić information content (AvgIpc) is 2.62. The normalized spacial score (nSPS) is 13.3. The van der Waals surface area contributed by atoms with E-state index in [4.69, 9.17) is 0 Å². The number of rotatable bonds is 5. The number of hydrogen-bond acceptors (Lipinski definition) is 1. The number of nitrogens with zero attached hydrogens (tertiary/aromatic N) is 1. The SMILES string of the molecule is CN(Cc1cccc2ccccc12)[C@H](CF)c1ccc(C(C)(C)C)cc1. The molecule has 0 radical (unpaired) electrons. The highest BCUT2D eigenvalue weighted by Gasteiger charge is 2.19. The number of halogens is 1. The third-order valence-electron chi connectivity index (χ3n) is 5.14. The van der Waals surface area contributed by atoms with Crippen LogP contribution in [-0.4, -0.2) is 18.6 Å². The van der Waals surface area contributed by atoms with Crippen molar-refractivity contribution < 1.29 is 4.39 Å². The van der Waals surface area contributed by atoms with Crippen molar-refractivity contribution in [3.05, 3.63) is 83.4 Å². The van der Waals surface area contributed by atoms with Crippen molar-refractivity contribution in [3.8, 4) is 0 Å². The summed E-state index contributed by atoms with van der Waals surface area (Å²) in [6, 6.07) is 22.9.